The van der Waals surface area contributed by atoms with Gasteiger partial charge in [-0.3, -0.25) is 0 Å². The summed E-state index contributed by atoms with van der Waals surface area (Å²) in [4.78, 5) is 0. The van der Waals surface area contributed by atoms with Gasteiger partial charge in [-0.25, -0.2) is 0 Å². The molecule has 5 nitrogen and oxygen atoms in total. The van der Waals surface area contributed by atoms with E-state index in [-0.39, 0.29) is 11.5 Å². The molecule has 0 atom stereocenters. The van der Waals surface area contributed by atoms with Crippen molar-refractivity contribution in [3.05, 3.63) is 95.1 Å². The molecule has 1 aliphatic rings. The monoisotopic (exact) mass is 421 g/mol. The lowest BCUT2D eigenvalue weighted by atomic mass is 9.79. The molecule has 0 saturated carbocycles. The van der Waals surface area contributed by atoms with Crippen molar-refractivity contribution in [1.82, 2.24) is 5.32 Å². The molecule has 0 spiro atoms. The molecule has 0 unspecified atom stereocenters. The van der Waals surface area contributed by atoms with E-state index < -0.39 is 5.60 Å². The molecule has 1 fully saturated rings. The number of aryl methyl sites for hydroxylation is 1. The molecule has 4 rings (SSSR count). The van der Waals surface area contributed by atoms with Crippen molar-refractivity contribution < 1.29 is 19.7 Å². The van der Waals surface area contributed by atoms with Gasteiger partial charge in [0.15, 0.2) is 0 Å². The van der Waals surface area contributed by atoms with Crippen LogP contribution >= 0.6 is 0 Å². The summed E-state index contributed by atoms with van der Waals surface area (Å²) >= 11 is 0. The average molecular weight is 422 g/mol. The SMILES string of the molecule is C1COCCN1.CCOC(c1ccc(C)cc1)(c1ccc(O)cc1)c1ccc(O)cc1. The van der Waals surface area contributed by atoms with Crippen molar-refractivity contribution in [2.45, 2.75) is 19.4 Å². The van der Waals surface area contributed by atoms with Gasteiger partial charge in [-0.05, 0) is 54.8 Å². The number of rotatable bonds is 5. The molecule has 0 aromatic heterocycles. The molecule has 0 bridgehead atoms. The lowest BCUT2D eigenvalue weighted by molar-refractivity contribution is 0.0215. The minimum Gasteiger partial charge on any atom is -0.508 e. The van der Waals surface area contributed by atoms with E-state index in [1.165, 1.54) is 5.56 Å². The Morgan fingerprint density at radius 3 is 1.52 bits per heavy atom. The summed E-state index contributed by atoms with van der Waals surface area (Å²) in [5.74, 6) is 0.424. The van der Waals surface area contributed by atoms with Crippen LogP contribution in [0.25, 0.3) is 0 Å². The first kappa shape index (κ1) is 22.8. The number of hydrogen-bond acceptors (Lipinski definition) is 5. The molecule has 3 aromatic carbocycles. The molecule has 5 heteroatoms. The van der Waals surface area contributed by atoms with E-state index in [0.717, 1.165) is 43.0 Å². The van der Waals surface area contributed by atoms with E-state index in [1.54, 1.807) is 24.3 Å². The Morgan fingerprint density at radius 1 is 0.774 bits per heavy atom. The van der Waals surface area contributed by atoms with E-state index >= 15 is 0 Å². The van der Waals surface area contributed by atoms with Gasteiger partial charge in [-0.2, -0.15) is 0 Å². The molecular weight excluding hydrogens is 390 g/mol. The van der Waals surface area contributed by atoms with Gasteiger partial charge in [0.2, 0.25) is 0 Å². The van der Waals surface area contributed by atoms with Gasteiger partial charge >= 0.3 is 0 Å². The van der Waals surface area contributed by atoms with Crippen LogP contribution < -0.4 is 5.32 Å². The van der Waals surface area contributed by atoms with Crippen molar-refractivity contribution in [1.29, 1.82) is 0 Å². The number of phenolic OH excluding ortho intramolecular Hbond substituents is 2. The number of phenols is 2. The number of morpholine rings is 1. The maximum atomic E-state index is 9.69. The molecule has 3 aromatic rings. The van der Waals surface area contributed by atoms with Gasteiger partial charge in [-0.15, -0.1) is 0 Å². The Bertz CT molecular complexity index is 795. The maximum Gasteiger partial charge on any atom is 0.143 e. The molecule has 1 heterocycles. The van der Waals surface area contributed by atoms with Crippen LogP contribution in [-0.2, 0) is 15.1 Å². The summed E-state index contributed by atoms with van der Waals surface area (Å²) in [5.41, 5.74) is 3.19. The summed E-state index contributed by atoms with van der Waals surface area (Å²) in [7, 11) is 0. The van der Waals surface area contributed by atoms with E-state index in [0.29, 0.717) is 6.61 Å². The Labute approximate surface area is 184 Å². The van der Waals surface area contributed by atoms with Crippen molar-refractivity contribution in [2.75, 3.05) is 32.9 Å². The highest BCUT2D eigenvalue weighted by Gasteiger charge is 2.37. The minimum absolute atomic E-state index is 0.212. The first-order valence-electron chi connectivity index (χ1n) is 10.6. The van der Waals surface area contributed by atoms with Gasteiger partial charge in [0.05, 0.1) is 13.2 Å². The number of hydrogen-bond donors (Lipinski definition) is 3. The van der Waals surface area contributed by atoms with Crippen LogP contribution in [0.4, 0.5) is 0 Å². The quantitative estimate of drug-likeness (QED) is 0.535. The van der Waals surface area contributed by atoms with Crippen LogP contribution in [-0.4, -0.2) is 43.1 Å². The van der Waals surface area contributed by atoms with Crippen LogP contribution in [0.2, 0.25) is 0 Å². The first-order valence-corrected chi connectivity index (χ1v) is 10.6. The second-order valence-corrected chi connectivity index (χ2v) is 7.44. The van der Waals surface area contributed by atoms with Crippen molar-refractivity contribution in [3.8, 4) is 11.5 Å². The third kappa shape index (κ3) is 5.64. The van der Waals surface area contributed by atoms with E-state index in [9.17, 15) is 10.2 Å². The Kier molecular flexibility index (Phi) is 8.06. The summed E-state index contributed by atoms with van der Waals surface area (Å²) in [6.07, 6.45) is 0. The van der Waals surface area contributed by atoms with Gasteiger partial charge in [0.1, 0.15) is 17.1 Å². The van der Waals surface area contributed by atoms with Crippen LogP contribution in [0.15, 0.2) is 72.8 Å². The normalized spacial score (nSPS) is 13.9. The van der Waals surface area contributed by atoms with Crippen molar-refractivity contribution >= 4 is 0 Å². The molecule has 0 aliphatic carbocycles. The number of benzene rings is 3. The fraction of sp³-hybridized carbons (Fsp3) is 0.308. The molecule has 164 valence electrons. The van der Waals surface area contributed by atoms with Gasteiger partial charge in [0, 0.05) is 19.7 Å². The minimum atomic E-state index is -0.816. The standard InChI is InChI=1S/C22H22O3.C4H9NO/c1-3-25-22(17-6-4-16(2)5-7-17,18-8-12-20(23)13-9-18)19-10-14-21(24)15-11-19;1-3-6-4-2-5-1/h4-15,23-24H,3H2,1-2H3;5H,1-4H2. The van der Waals surface area contributed by atoms with Crippen LogP contribution in [0.5, 0.6) is 11.5 Å². The lowest BCUT2D eigenvalue weighted by Gasteiger charge is -2.35. The molecule has 31 heavy (non-hydrogen) atoms. The number of ether oxygens (including phenoxy) is 2. The van der Waals surface area contributed by atoms with Crippen molar-refractivity contribution in [3.63, 3.8) is 0 Å². The fourth-order valence-electron chi connectivity index (χ4n) is 3.66. The number of aromatic hydroxyl groups is 2. The zero-order valence-corrected chi connectivity index (χ0v) is 18.2. The Balaban J connectivity index is 0.000000391. The topological polar surface area (TPSA) is 71.0 Å². The summed E-state index contributed by atoms with van der Waals surface area (Å²) < 4.78 is 11.4. The van der Waals surface area contributed by atoms with Gasteiger partial charge in [0.25, 0.3) is 0 Å². The van der Waals surface area contributed by atoms with Crippen LogP contribution in [0.1, 0.15) is 29.2 Å². The van der Waals surface area contributed by atoms with Gasteiger partial charge < -0.3 is 25.0 Å². The predicted octanol–water partition coefficient (Wildman–Crippen LogP) is 4.34. The highest BCUT2D eigenvalue weighted by atomic mass is 16.5. The zero-order chi connectivity index (χ0) is 22.1. The highest BCUT2D eigenvalue weighted by Crippen LogP contribution is 2.41. The maximum absolute atomic E-state index is 9.69. The second kappa shape index (κ2) is 11.0. The highest BCUT2D eigenvalue weighted by molar-refractivity contribution is 5.49. The smallest absolute Gasteiger partial charge is 0.143 e. The second-order valence-electron chi connectivity index (χ2n) is 7.44. The number of nitrogens with one attached hydrogen (secondary N) is 1. The van der Waals surface area contributed by atoms with Crippen LogP contribution in [0.3, 0.4) is 0 Å². The summed E-state index contributed by atoms with van der Waals surface area (Å²) in [5, 5.41) is 22.5. The molecule has 0 amide bonds. The largest absolute Gasteiger partial charge is 0.508 e. The Morgan fingerprint density at radius 2 is 1.19 bits per heavy atom. The lowest BCUT2D eigenvalue weighted by Crippen LogP contribution is -2.32. The summed E-state index contributed by atoms with van der Waals surface area (Å²) in [6.45, 7) is 8.35. The third-order valence-electron chi connectivity index (χ3n) is 5.21. The summed E-state index contributed by atoms with van der Waals surface area (Å²) in [6, 6.07) is 22.4. The molecule has 1 aliphatic heterocycles. The van der Waals surface area contributed by atoms with Crippen molar-refractivity contribution in [2.24, 2.45) is 0 Å². The van der Waals surface area contributed by atoms with E-state index in [2.05, 4.69) is 29.6 Å². The fourth-order valence-corrected chi connectivity index (χ4v) is 3.66. The van der Waals surface area contributed by atoms with E-state index in [1.807, 2.05) is 38.1 Å². The predicted molar refractivity (Wildman–Crippen MR) is 123 cm³/mol. The molecule has 1 saturated heterocycles. The molecule has 0 radical (unpaired) electrons. The molecular formula is C26H31NO4. The van der Waals surface area contributed by atoms with E-state index in [4.69, 9.17) is 9.47 Å². The third-order valence-corrected chi connectivity index (χ3v) is 5.21. The van der Waals surface area contributed by atoms with Gasteiger partial charge in [-0.1, -0.05) is 54.1 Å². The zero-order valence-electron chi connectivity index (χ0n) is 18.2. The van der Waals surface area contributed by atoms with Crippen LogP contribution in [0, 0.1) is 6.92 Å². The first-order chi connectivity index (χ1) is 15.1. The average Bonchev–Trinajstić information content (AvgIpc) is 2.81. The Hall–Kier alpha value is -2.86. The molecule has 3 N–H and O–H groups in total.